The summed E-state index contributed by atoms with van der Waals surface area (Å²) in [6, 6.07) is 0. The molecule has 0 aliphatic carbocycles. The van der Waals surface area contributed by atoms with Gasteiger partial charge in [0.2, 0.25) is 11.8 Å². The third-order valence-electron chi connectivity index (χ3n) is 3.11. The van der Waals surface area contributed by atoms with E-state index in [4.69, 9.17) is 10.2 Å². The summed E-state index contributed by atoms with van der Waals surface area (Å²) in [5.41, 5.74) is 5.17. The Labute approximate surface area is 133 Å². The van der Waals surface area contributed by atoms with Crippen LogP contribution in [0.5, 0.6) is 0 Å². The van der Waals surface area contributed by atoms with Gasteiger partial charge in [-0.1, -0.05) is 32.5 Å². The molecular formula is C14H21N5O2S. The van der Waals surface area contributed by atoms with Gasteiger partial charge in [0.25, 0.3) is 0 Å². The molecule has 0 aliphatic rings. The summed E-state index contributed by atoms with van der Waals surface area (Å²) in [4.78, 5) is 15.5. The number of nitrogens with two attached hydrogens (primary N) is 1. The van der Waals surface area contributed by atoms with Gasteiger partial charge in [-0.25, -0.2) is 4.98 Å². The lowest BCUT2D eigenvalue weighted by molar-refractivity contribution is -0.118. The number of aryl methyl sites for hydroxylation is 1. The highest BCUT2D eigenvalue weighted by Crippen LogP contribution is 2.35. The number of primary amides is 1. The Bertz CT molecular complexity index is 671. The van der Waals surface area contributed by atoms with Crippen LogP contribution in [0.1, 0.15) is 50.4 Å². The largest absolute Gasteiger partial charge is 0.444 e. The Morgan fingerprint density at radius 2 is 2.14 bits per heavy atom. The first-order chi connectivity index (χ1) is 10.2. The van der Waals surface area contributed by atoms with Gasteiger partial charge in [-0.15, -0.1) is 10.2 Å². The maximum Gasteiger partial charge on any atom is 0.237 e. The minimum absolute atomic E-state index is 0.0497. The summed E-state index contributed by atoms with van der Waals surface area (Å²) >= 11 is 1.44. The number of oxazole rings is 1. The van der Waals surface area contributed by atoms with Crippen molar-refractivity contribution in [1.29, 1.82) is 0 Å². The van der Waals surface area contributed by atoms with Crippen molar-refractivity contribution < 1.29 is 9.21 Å². The molecule has 2 aromatic rings. The lowest BCUT2D eigenvalue weighted by atomic mass is 9.94. The molecule has 7 nitrogen and oxygen atoms in total. The van der Waals surface area contributed by atoms with Crippen molar-refractivity contribution in [2.45, 2.75) is 57.0 Å². The second-order valence-corrected chi connectivity index (χ2v) is 7.46. The number of thioether (sulfide) groups is 1. The number of hydrogen-bond acceptors (Lipinski definition) is 6. The van der Waals surface area contributed by atoms with Crippen LogP contribution in [0, 0.1) is 6.92 Å². The van der Waals surface area contributed by atoms with Crippen molar-refractivity contribution >= 4 is 17.7 Å². The molecule has 0 aromatic carbocycles. The fourth-order valence-electron chi connectivity index (χ4n) is 1.82. The number of carbonyl (C=O) groups is 1. The molecule has 22 heavy (non-hydrogen) atoms. The van der Waals surface area contributed by atoms with E-state index in [0.717, 1.165) is 5.76 Å². The van der Waals surface area contributed by atoms with E-state index in [2.05, 4.69) is 36.0 Å². The van der Waals surface area contributed by atoms with E-state index in [1.54, 1.807) is 17.7 Å². The maximum atomic E-state index is 11.1. The lowest BCUT2D eigenvalue weighted by Crippen LogP contribution is -2.20. The van der Waals surface area contributed by atoms with Crippen molar-refractivity contribution in [2.75, 3.05) is 0 Å². The average Bonchev–Trinajstić information content (AvgIpc) is 2.99. The molecule has 8 heteroatoms. The number of amides is 1. The van der Waals surface area contributed by atoms with Gasteiger partial charge in [-0.2, -0.15) is 0 Å². The molecule has 2 heterocycles. The minimum Gasteiger partial charge on any atom is -0.444 e. The van der Waals surface area contributed by atoms with Crippen LogP contribution in [-0.2, 0) is 16.8 Å². The average molecular weight is 323 g/mol. The molecule has 1 atom stereocenters. The predicted octanol–water partition coefficient (Wildman–Crippen LogP) is 2.21. The summed E-state index contributed by atoms with van der Waals surface area (Å²) in [6.07, 6.45) is 1.76. The van der Waals surface area contributed by atoms with Crippen LogP contribution >= 0.6 is 11.8 Å². The van der Waals surface area contributed by atoms with Crippen LogP contribution in [-0.4, -0.2) is 25.7 Å². The molecular weight excluding hydrogens is 302 g/mol. The van der Waals surface area contributed by atoms with E-state index in [9.17, 15) is 4.79 Å². The summed E-state index contributed by atoms with van der Waals surface area (Å²) < 4.78 is 7.52. The van der Waals surface area contributed by atoms with E-state index in [1.807, 2.05) is 6.92 Å². The van der Waals surface area contributed by atoms with Crippen LogP contribution in [0.2, 0.25) is 0 Å². The first-order valence-electron chi connectivity index (χ1n) is 6.99. The van der Waals surface area contributed by atoms with E-state index in [1.165, 1.54) is 11.8 Å². The number of hydrogen-bond donors (Lipinski definition) is 1. The lowest BCUT2D eigenvalue weighted by Gasteiger charge is -2.14. The zero-order valence-electron chi connectivity index (χ0n) is 13.5. The van der Waals surface area contributed by atoms with E-state index >= 15 is 0 Å². The second-order valence-electron chi connectivity index (χ2n) is 6.16. The quantitative estimate of drug-likeness (QED) is 0.847. The van der Waals surface area contributed by atoms with Crippen molar-refractivity contribution in [3.8, 4) is 0 Å². The first-order valence-corrected chi connectivity index (χ1v) is 7.87. The fourth-order valence-corrected chi connectivity index (χ4v) is 2.76. The topological polar surface area (TPSA) is 99.8 Å². The molecule has 0 radical (unpaired) electrons. The second kappa shape index (κ2) is 6.12. The van der Waals surface area contributed by atoms with Crippen LogP contribution in [0.25, 0.3) is 0 Å². The van der Waals surface area contributed by atoms with Gasteiger partial charge >= 0.3 is 0 Å². The summed E-state index contributed by atoms with van der Waals surface area (Å²) in [6.45, 7) is 10.0. The zero-order chi connectivity index (χ0) is 16.5. The third-order valence-corrected chi connectivity index (χ3v) is 4.18. The minimum atomic E-state index is -0.427. The van der Waals surface area contributed by atoms with Gasteiger partial charge in [0, 0.05) is 5.41 Å². The molecule has 0 saturated heterocycles. The number of rotatable bonds is 5. The van der Waals surface area contributed by atoms with Crippen LogP contribution < -0.4 is 5.73 Å². The number of aromatic nitrogens is 4. The molecule has 2 aromatic heterocycles. The fraction of sp³-hybridized carbons (Fsp3) is 0.571. The van der Waals surface area contributed by atoms with Crippen molar-refractivity contribution in [3.63, 3.8) is 0 Å². The molecule has 1 amide bonds. The SMILES string of the molecule is Cc1nnc(SC(C)c2ncc(C(C)(C)C)o2)n1CC(N)=O. The van der Waals surface area contributed by atoms with E-state index in [0.29, 0.717) is 16.9 Å². The first kappa shape index (κ1) is 16.5. The molecule has 0 saturated carbocycles. The molecule has 2 N–H and O–H groups in total. The van der Waals surface area contributed by atoms with Crippen LogP contribution in [0.15, 0.2) is 15.8 Å². The van der Waals surface area contributed by atoms with Gasteiger partial charge in [-0.3, -0.25) is 9.36 Å². The molecule has 1 unspecified atom stereocenters. The van der Waals surface area contributed by atoms with E-state index in [-0.39, 0.29) is 17.2 Å². The summed E-state index contributed by atoms with van der Waals surface area (Å²) in [7, 11) is 0. The zero-order valence-corrected chi connectivity index (χ0v) is 14.3. The number of nitrogens with zero attached hydrogens (tertiary/aromatic N) is 4. The Morgan fingerprint density at radius 3 is 2.68 bits per heavy atom. The summed E-state index contributed by atoms with van der Waals surface area (Å²) in [5, 5.41) is 8.66. The number of carbonyl (C=O) groups excluding carboxylic acids is 1. The van der Waals surface area contributed by atoms with Crippen LogP contribution in [0.3, 0.4) is 0 Å². The Kier molecular flexibility index (Phi) is 4.60. The van der Waals surface area contributed by atoms with Gasteiger partial charge in [-0.05, 0) is 13.8 Å². The molecule has 120 valence electrons. The standard InChI is InChI=1S/C14H21N5O2S/c1-8(12-16-6-10(21-12)14(3,4)5)22-13-18-17-9(2)19(13)7-11(15)20/h6,8H,7H2,1-5H3,(H2,15,20). The van der Waals surface area contributed by atoms with Crippen molar-refractivity contribution in [2.24, 2.45) is 5.73 Å². The highest BCUT2D eigenvalue weighted by atomic mass is 32.2. The van der Waals surface area contributed by atoms with E-state index < -0.39 is 5.91 Å². The summed E-state index contributed by atoms with van der Waals surface area (Å²) in [5.74, 6) is 1.69. The Hall–Kier alpha value is -1.83. The third kappa shape index (κ3) is 3.68. The smallest absolute Gasteiger partial charge is 0.237 e. The van der Waals surface area contributed by atoms with Crippen molar-refractivity contribution in [3.05, 3.63) is 23.7 Å². The Morgan fingerprint density at radius 1 is 1.45 bits per heavy atom. The van der Waals surface area contributed by atoms with Gasteiger partial charge in [0.1, 0.15) is 18.1 Å². The molecule has 0 spiro atoms. The van der Waals surface area contributed by atoms with Gasteiger partial charge in [0.15, 0.2) is 5.16 Å². The molecule has 0 fully saturated rings. The highest BCUT2D eigenvalue weighted by Gasteiger charge is 2.23. The van der Waals surface area contributed by atoms with Crippen molar-refractivity contribution in [1.82, 2.24) is 19.7 Å². The highest BCUT2D eigenvalue weighted by molar-refractivity contribution is 7.99. The molecule has 2 rings (SSSR count). The Balaban J connectivity index is 2.17. The molecule has 0 aliphatic heterocycles. The predicted molar refractivity (Wildman–Crippen MR) is 83.4 cm³/mol. The monoisotopic (exact) mass is 323 g/mol. The van der Waals surface area contributed by atoms with Crippen LogP contribution in [0.4, 0.5) is 0 Å². The maximum absolute atomic E-state index is 11.1. The molecule has 0 bridgehead atoms. The normalized spacial score (nSPS) is 13.3. The van der Waals surface area contributed by atoms with Gasteiger partial charge in [0.05, 0.1) is 11.4 Å². The van der Waals surface area contributed by atoms with Gasteiger partial charge < -0.3 is 10.2 Å².